The van der Waals surface area contributed by atoms with Crippen LogP contribution in [-0.4, -0.2) is 56.7 Å². The molecule has 3 heterocycles. The number of benzene rings is 1. The van der Waals surface area contributed by atoms with E-state index in [-0.39, 0.29) is 17.8 Å². The van der Waals surface area contributed by atoms with Gasteiger partial charge in [-0.2, -0.15) is 0 Å². The molecule has 0 bridgehead atoms. The lowest BCUT2D eigenvalue weighted by Crippen LogP contribution is -2.38. The lowest BCUT2D eigenvalue weighted by molar-refractivity contribution is -0.129. The molecule has 2 aromatic rings. The van der Waals surface area contributed by atoms with Crippen LogP contribution in [0.5, 0.6) is 5.75 Å². The molecule has 0 unspecified atom stereocenters. The third-order valence-corrected chi connectivity index (χ3v) is 5.31. The van der Waals surface area contributed by atoms with Crippen LogP contribution >= 0.6 is 0 Å². The lowest BCUT2D eigenvalue weighted by atomic mass is 10.2. The average Bonchev–Trinajstić information content (AvgIpc) is 3.29. The maximum Gasteiger partial charge on any atom is 0.220 e. The topological polar surface area (TPSA) is 63.5 Å². The molecule has 1 aromatic heterocycles. The van der Waals surface area contributed by atoms with E-state index in [0.29, 0.717) is 18.9 Å². The van der Waals surface area contributed by atoms with Crippen LogP contribution in [0, 0.1) is 5.82 Å². The molecule has 27 heavy (non-hydrogen) atoms. The maximum absolute atomic E-state index is 12.9. The van der Waals surface area contributed by atoms with Crippen molar-refractivity contribution in [1.82, 2.24) is 24.6 Å². The SMILES string of the molecule is CC(=O)N1CCC[C@H]1c1nnc2n1CCN(CCOc1ccc(F)cc1)C2. The highest BCUT2D eigenvalue weighted by Crippen LogP contribution is 2.32. The van der Waals surface area contributed by atoms with Crippen LogP contribution < -0.4 is 4.74 Å². The Hall–Kier alpha value is -2.48. The van der Waals surface area contributed by atoms with Crippen LogP contribution in [-0.2, 0) is 17.9 Å². The third kappa shape index (κ3) is 3.80. The van der Waals surface area contributed by atoms with E-state index < -0.39 is 0 Å². The summed E-state index contributed by atoms with van der Waals surface area (Å²) in [5.74, 6) is 2.36. The highest BCUT2D eigenvalue weighted by Gasteiger charge is 2.33. The number of ether oxygens (including phenoxy) is 1. The van der Waals surface area contributed by atoms with Crippen LogP contribution in [0.25, 0.3) is 0 Å². The Morgan fingerprint density at radius 2 is 2.04 bits per heavy atom. The molecular weight excluding hydrogens is 349 g/mol. The Morgan fingerprint density at radius 3 is 2.81 bits per heavy atom. The molecular formula is C19H24FN5O2. The fraction of sp³-hybridized carbons (Fsp3) is 0.526. The van der Waals surface area contributed by atoms with Gasteiger partial charge in [-0.15, -0.1) is 10.2 Å². The van der Waals surface area contributed by atoms with Crippen molar-refractivity contribution in [1.29, 1.82) is 0 Å². The minimum absolute atomic E-state index is 0.0529. The number of carbonyl (C=O) groups is 1. The molecule has 1 atom stereocenters. The summed E-state index contributed by atoms with van der Waals surface area (Å²) in [5, 5.41) is 8.78. The number of hydrogen-bond acceptors (Lipinski definition) is 5. The summed E-state index contributed by atoms with van der Waals surface area (Å²) in [6.45, 7) is 6.14. The predicted molar refractivity (Wildman–Crippen MR) is 96.6 cm³/mol. The van der Waals surface area contributed by atoms with Crippen LogP contribution in [0.2, 0.25) is 0 Å². The summed E-state index contributed by atoms with van der Waals surface area (Å²) in [6.07, 6.45) is 1.96. The van der Waals surface area contributed by atoms with Gasteiger partial charge >= 0.3 is 0 Å². The molecule has 144 valence electrons. The molecule has 2 aliphatic heterocycles. The van der Waals surface area contributed by atoms with Gasteiger partial charge in [-0.25, -0.2) is 4.39 Å². The first kappa shape index (κ1) is 17.9. The van der Waals surface area contributed by atoms with Crippen molar-refractivity contribution in [2.45, 2.75) is 38.9 Å². The van der Waals surface area contributed by atoms with E-state index >= 15 is 0 Å². The Balaban J connectivity index is 1.35. The first-order chi connectivity index (χ1) is 13.1. The van der Waals surface area contributed by atoms with Crippen LogP contribution in [0.15, 0.2) is 24.3 Å². The summed E-state index contributed by atoms with van der Waals surface area (Å²) in [7, 11) is 0. The molecule has 1 aromatic carbocycles. The van der Waals surface area contributed by atoms with E-state index in [1.807, 2.05) is 4.90 Å². The van der Waals surface area contributed by atoms with Crippen molar-refractivity contribution in [2.24, 2.45) is 0 Å². The molecule has 4 rings (SSSR count). The van der Waals surface area contributed by atoms with Gasteiger partial charge in [0.1, 0.15) is 24.0 Å². The van der Waals surface area contributed by atoms with E-state index in [4.69, 9.17) is 4.74 Å². The van der Waals surface area contributed by atoms with Crippen molar-refractivity contribution in [2.75, 3.05) is 26.2 Å². The number of fused-ring (bicyclic) bond motifs is 1. The number of carbonyl (C=O) groups excluding carboxylic acids is 1. The van der Waals surface area contributed by atoms with Crippen molar-refractivity contribution in [3.8, 4) is 5.75 Å². The smallest absolute Gasteiger partial charge is 0.220 e. The normalized spacial score (nSPS) is 19.9. The molecule has 1 amide bonds. The summed E-state index contributed by atoms with van der Waals surface area (Å²) in [5.41, 5.74) is 0. The van der Waals surface area contributed by atoms with Gasteiger partial charge in [0.05, 0.1) is 12.6 Å². The summed E-state index contributed by atoms with van der Waals surface area (Å²) < 4.78 is 20.8. The molecule has 0 saturated carbocycles. The standard InChI is InChI=1S/C19H24FN5O2/c1-14(26)24-8-2-3-17(24)19-22-21-18-13-23(9-10-25(18)19)11-12-27-16-6-4-15(20)5-7-16/h4-7,17H,2-3,8-13H2,1H3/t17-/m0/s1. The average molecular weight is 373 g/mol. The van der Waals surface area contributed by atoms with E-state index in [1.54, 1.807) is 19.1 Å². The molecule has 0 spiro atoms. The fourth-order valence-electron chi connectivity index (χ4n) is 3.90. The van der Waals surface area contributed by atoms with Gasteiger partial charge < -0.3 is 14.2 Å². The second-order valence-corrected chi connectivity index (χ2v) is 7.08. The molecule has 0 aliphatic carbocycles. The Labute approximate surface area is 157 Å². The Morgan fingerprint density at radius 1 is 1.22 bits per heavy atom. The van der Waals surface area contributed by atoms with Gasteiger partial charge in [-0.05, 0) is 37.1 Å². The number of amides is 1. The zero-order valence-electron chi connectivity index (χ0n) is 15.5. The fourth-order valence-corrected chi connectivity index (χ4v) is 3.90. The molecule has 1 saturated heterocycles. The number of likely N-dealkylation sites (tertiary alicyclic amines) is 1. The van der Waals surface area contributed by atoms with Crippen LogP contribution in [0.1, 0.15) is 37.5 Å². The quantitative estimate of drug-likeness (QED) is 0.802. The number of nitrogens with zero attached hydrogens (tertiary/aromatic N) is 5. The highest BCUT2D eigenvalue weighted by molar-refractivity contribution is 5.74. The van der Waals surface area contributed by atoms with Crippen molar-refractivity contribution >= 4 is 5.91 Å². The number of aromatic nitrogens is 3. The molecule has 1 fully saturated rings. The minimum Gasteiger partial charge on any atom is -0.492 e. The number of rotatable bonds is 5. The van der Waals surface area contributed by atoms with Gasteiger partial charge in [0.25, 0.3) is 0 Å². The first-order valence-corrected chi connectivity index (χ1v) is 9.42. The Kier molecular flexibility index (Phi) is 5.07. The van der Waals surface area contributed by atoms with Crippen LogP contribution in [0.4, 0.5) is 4.39 Å². The lowest BCUT2D eigenvalue weighted by Gasteiger charge is -2.29. The largest absolute Gasteiger partial charge is 0.492 e. The van der Waals surface area contributed by atoms with Gasteiger partial charge in [-0.3, -0.25) is 9.69 Å². The van der Waals surface area contributed by atoms with E-state index in [9.17, 15) is 9.18 Å². The monoisotopic (exact) mass is 373 g/mol. The summed E-state index contributed by atoms with van der Waals surface area (Å²) in [4.78, 5) is 16.0. The molecule has 8 heteroatoms. The summed E-state index contributed by atoms with van der Waals surface area (Å²) in [6, 6.07) is 6.12. The zero-order valence-corrected chi connectivity index (χ0v) is 15.5. The molecule has 0 radical (unpaired) electrons. The van der Waals surface area contributed by atoms with Crippen molar-refractivity contribution in [3.63, 3.8) is 0 Å². The first-order valence-electron chi connectivity index (χ1n) is 9.42. The van der Waals surface area contributed by atoms with Crippen LogP contribution in [0.3, 0.4) is 0 Å². The van der Waals surface area contributed by atoms with Gasteiger partial charge in [-0.1, -0.05) is 0 Å². The molecule has 0 N–H and O–H groups in total. The van der Waals surface area contributed by atoms with Gasteiger partial charge in [0.2, 0.25) is 5.91 Å². The Bertz CT molecular complexity index is 807. The van der Waals surface area contributed by atoms with E-state index in [0.717, 1.165) is 50.7 Å². The zero-order chi connectivity index (χ0) is 18.8. The van der Waals surface area contributed by atoms with Crippen molar-refractivity contribution < 1.29 is 13.9 Å². The second kappa shape index (κ2) is 7.64. The molecule has 2 aliphatic rings. The second-order valence-electron chi connectivity index (χ2n) is 7.08. The van der Waals surface area contributed by atoms with Gasteiger partial charge in [0.15, 0.2) is 5.82 Å². The molecule has 7 nitrogen and oxygen atoms in total. The minimum atomic E-state index is -0.265. The summed E-state index contributed by atoms with van der Waals surface area (Å²) >= 11 is 0. The number of halogens is 1. The van der Waals surface area contributed by atoms with E-state index in [1.165, 1.54) is 12.1 Å². The number of hydrogen-bond donors (Lipinski definition) is 0. The van der Waals surface area contributed by atoms with Crippen molar-refractivity contribution in [3.05, 3.63) is 41.7 Å². The predicted octanol–water partition coefficient (Wildman–Crippen LogP) is 2.00. The maximum atomic E-state index is 12.9. The van der Waals surface area contributed by atoms with Gasteiger partial charge in [0, 0.05) is 33.1 Å². The highest BCUT2D eigenvalue weighted by atomic mass is 19.1. The van der Waals surface area contributed by atoms with E-state index in [2.05, 4.69) is 19.7 Å². The third-order valence-electron chi connectivity index (χ3n) is 5.31.